The van der Waals surface area contributed by atoms with Crippen LogP contribution in [0.1, 0.15) is 5.69 Å². The quantitative estimate of drug-likeness (QED) is 0.800. The van der Waals surface area contributed by atoms with Crippen LogP contribution in [0.25, 0.3) is 0 Å². The van der Waals surface area contributed by atoms with E-state index in [0.29, 0.717) is 17.4 Å². The maximum Gasteiger partial charge on any atom is 0.165 e. The monoisotopic (exact) mass is 209 g/mol. The molecule has 0 amide bonds. The Bertz CT molecular complexity index is 439. The van der Waals surface area contributed by atoms with Crippen molar-refractivity contribution < 1.29 is 0 Å². The molecule has 2 rings (SSSR count). The maximum absolute atomic E-state index is 5.92. The molecule has 0 aromatic carbocycles. The van der Waals surface area contributed by atoms with Crippen molar-refractivity contribution in [3.05, 3.63) is 35.2 Å². The second-order valence-electron chi connectivity index (χ2n) is 2.73. The van der Waals surface area contributed by atoms with Gasteiger partial charge < -0.3 is 5.73 Å². The average molecular weight is 210 g/mol. The number of nitrogens with two attached hydrogens (primary N) is 1. The Kier molecular flexibility index (Phi) is 2.32. The van der Waals surface area contributed by atoms with Crippen LogP contribution >= 0.6 is 11.6 Å². The molecule has 0 spiro atoms. The Balaban J connectivity index is 2.23. The highest BCUT2D eigenvalue weighted by molar-refractivity contribution is 6.31. The first kappa shape index (κ1) is 8.96. The van der Waals surface area contributed by atoms with Crippen molar-refractivity contribution in [2.45, 2.75) is 6.54 Å². The molecule has 0 saturated heterocycles. The zero-order valence-corrected chi connectivity index (χ0v) is 8.02. The molecule has 5 nitrogen and oxygen atoms in total. The van der Waals surface area contributed by atoms with E-state index in [2.05, 4.69) is 15.2 Å². The van der Waals surface area contributed by atoms with Gasteiger partial charge in [-0.3, -0.25) is 4.98 Å². The molecule has 2 aromatic rings. The molecule has 0 saturated carbocycles. The molecule has 14 heavy (non-hydrogen) atoms. The highest BCUT2D eigenvalue weighted by Crippen LogP contribution is 2.12. The van der Waals surface area contributed by atoms with Crippen LogP contribution in [0, 0.1) is 0 Å². The SMILES string of the molecule is Nc1cnn(Cc2ncccc2Cl)n1. The number of halogens is 1. The standard InChI is InChI=1S/C8H8ClN5/c9-6-2-1-3-11-7(6)5-14-12-4-8(10)13-14/h1-4H,5H2,(H2,10,13). The van der Waals surface area contributed by atoms with Crippen molar-refractivity contribution in [2.75, 3.05) is 5.73 Å². The number of hydrogen-bond donors (Lipinski definition) is 1. The summed E-state index contributed by atoms with van der Waals surface area (Å²) in [6, 6.07) is 3.55. The second-order valence-corrected chi connectivity index (χ2v) is 3.14. The Morgan fingerprint density at radius 2 is 2.36 bits per heavy atom. The molecule has 2 heterocycles. The van der Waals surface area contributed by atoms with Crippen molar-refractivity contribution in [3.63, 3.8) is 0 Å². The van der Waals surface area contributed by atoms with Crippen LogP contribution in [0.5, 0.6) is 0 Å². The third-order valence-corrected chi connectivity index (χ3v) is 2.02. The van der Waals surface area contributed by atoms with Crippen molar-refractivity contribution in [1.29, 1.82) is 0 Å². The van der Waals surface area contributed by atoms with Gasteiger partial charge in [0.05, 0.1) is 16.9 Å². The summed E-state index contributed by atoms with van der Waals surface area (Å²) in [4.78, 5) is 5.56. The zero-order valence-electron chi connectivity index (χ0n) is 7.26. The van der Waals surface area contributed by atoms with Crippen LogP contribution in [0.2, 0.25) is 5.02 Å². The van der Waals surface area contributed by atoms with E-state index < -0.39 is 0 Å². The minimum atomic E-state index is 0.386. The normalized spacial score (nSPS) is 10.4. The summed E-state index contributed by atoms with van der Waals surface area (Å²) in [7, 11) is 0. The first-order valence-electron chi connectivity index (χ1n) is 4.01. The third kappa shape index (κ3) is 1.82. The Labute approximate surface area is 85.5 Å². The van der Waals surface area contributed by atoms with E-state index >= 15 is 0 Å². The fourth-order valence-electron chi connectivity index (χ4n) is 1.06. The summed E-state index contributed by atoms with van der Waals surface area (Å²) in [6.07, 6.45) is 3.16. The molecule has 0 aliphatic rings. The van der Waals surface area contributed by atoms with E-state index in [0.717, 1.165) is 5.69 Å². The summed E-state index contributed by atoms with van der Waals surface area (Å²) < 4.78 is 0. The molecule has 0 unspecified atom stereocenters. The van der Waals surface area contributed by atoms with Crippen LogP contribution in [-0.4, -0.2) is 20.0 Å². The molecule has 0 fully saturated rings. The number of rotatable bonds is 2. The first-order chi connectivity index (χ1) is 6.75. The lowest BCUT2D eigenvalue weighted by atomic mass is 10.3. The predicted octanol–water partition coefficient (Wildman–Crippen LogP) is 0.957. The van der Waals surface area contributed by atoms with Gasteiger partial charge in [-0.15, -0.1) is 5.10 Å². The number of nitrogen functional groups attached to an aromatic ring is 1. The summed E-state index contributed by atoms with van der Waals surface area (Å²) in [5.41, 5.74) is 6.15. The van der Waals surface area contributed by atoms with Gasteiger partial charge in [0.15, 0.2) is 5.82 Å². The van der Waals surface area contributed by atoms with E-state index in [1.165, 1.54) is 11.0 Å². The molecule has 0 bridgehead atoms. The van der Waals surface area contributed by atoms with Gasteiger partial charge in [-0.25, -0.2) is 0 Å². The molecule has 72 valence electrons. The van der Waals surface area contributed by atoms with Gasteiger partial charge in [0.25, 0.3) is 0 Å². The average Bonchev–Trinajstić information content (AvgIpc) is 2.56. The van der Waals surface area contributed by atoms with E-state index in [1.54, 1.807) is 18.3 Å². The van der Waals surface area contributed by atoms with E-state index in [9.17, 15) is 0 Å². The van der Waals surface area contributed by atoms with Crippen LogP contribution < -0.4 is 5.73 Å². The minimum Gasteiger partial charge on any atom is -0.381 e. The lowest BCUT2D eigenvalue weighted by molar-refractivity contribution is 0.584. The number of pyridine rings is 1. The number of hydrogen-bond acceptors (Lipinski definition) is 4. The van der Waals surface area contributed by atoms with Crippen LogP contribution in [0.4, 0.5) is 5.82 Å². The second kappa shape index (κ2) is 3.63. The van der Waals surface area contributed by atoms with Gasteiger partial charge in [0, 0.05) is 6.20 Å². The lowest BCUT2D eigenvalue weighted by Gasteiger charge is -2.00. The molecule has 0 radical (unpaired) electrons. The van der Waals surface area contributed by atoms with Crippen molar-refractivity contribution in [1.82, 2.24) is 20.0 Å². The van der Waals surface area contributed by atoms with Crippen LogP contribution in [0.15, 0.2) is 24.5 Å². The topological polar surface area (TPSA) is 69.6 Å². The van der Waals surface area contributed by atoms with Crippen molar-refractivity contribution in [2.24, 2.45) is 0 Å². The zero-order chi connectivity index (χ0) is 9.97. The van der Waals surface area contributed by atoms with E-state index in [1.807, 2.05) is 0 Å². The van der Waals surface area contributed by atoms with Gasteiger partial charge >= 0.3 is 0 Å². The van der Waals surface area contributed by atoms with Gasteiger partial charge in [-0.1, -0.05) is 11.6 Å². The van der Waals surface area contributed by atoms with Gasteiger partial charge in [0.1, 0.15) is 6.54 Å². The molecule has 0 aliphatic carbocycles. The molecule has 6 heteroatoms. The van der Waals surface area contributed by atoms with E-state index in [4.69, 9.17) is 17.3 Å². The number of nitrogens with zero attached hydrogens (tertiary/aromatic N) is 4. The van der Waals surface area contributed by atoms with Gasteiger partial charge in [0.2, 0.25) is 0 Å². The van der Waals surface area contributed by atoms with Gasteiger partial charge in [-0.2, -0.15) is 9.90 Å². The fourth-order valence-corrected chi connectivity index (χ4v) is 1.24. The minimum absolute atomic E-state index is 0.386. The first-order valence-corrected chi connectivity index (χ1v) is 4.38. The molecular formula is C8H8ClN5. The maximum atomic E-state index is 5.92. The number of anilines is 1. The molecule has 0 aliphatic heterocycles. The smallest absolute Gasteiger partial charge is 0.165 e. The van der Waals surface area contributed by atoms with Crippen molar-refractivity contribution >= 4 is 17.4 Å². The lowest BCUT2D eigenvalue weighted by Crippen LogP contribution is -2.06. The van der Waals surface area contributed by atoms with Crippen molar-refractivity contribution in [3.8, 4) is 0 Å². The number of aromatic nitrogens is 4. The van der Waals surface area contributed by atoms with E-state index in [-0.39, 0.29) is 0 Å². The summed E-state index contributed by atoms with van der Waals surface area (Å²) in [5.74, 6) is 0.386. The highest BCUT2D eigenvalue weighted by atomic mass is 35.5. The molecule has 2 N–H and O–H groups in total. The largest absolute Gasteiger partial charge is 0.381 e. The predicted molar refractivity (Wildman–Crippen MR) is 52.8 cm³/mol. The molecular weight excluding hydrogens is 202 g/mol. The Hall–Kier alpha value is -1.62. The summed E-state index contributed by atoms with van der Waals surface area (Å²) in [6.45, 7) is 0.427. The summed E-state index contributed by atoms with van der Waals surface area (Å²) in [5, 5.41) is 8.47. The van der Waals surface area contributed by atoms with Crippen LogP contribution in [-0.2, 0) is 6.54 Å². The fraction of sp³-hybridized carbons (Fsp3) is 0.125. The highest BCUT2D eigenvalue weighted by Gasteiger charge is 2.03. The summed E-state index contributed by atoms with van der Waals surface area (Å²) >= 11 is 5.92. The Morgan fingerprint density at radius 3 is 3.00 bits per heavy atom. The van der Waals surface area contributed by atoms with Crippen LogP contribution in [0.3, 0.4) is 0 Å². The van der Waals surface area contributed by atoms with Gasteiger partial charge in [-0.05, 0) is 12.1 Å². The molecule has 0 atom stereocenters. The third-order valence-electron chi connectivity index (χ3n) is 1.68. The Morgan fingerprint density at radius 1 is 1.50 bits per heavy atom. The molecule has 2 aromatic heterocycles.